The molecular formula is C19H21ClF2N2O6. The van der Waals surface area contributed by atoms with Crippen molar-refractivity contribution in [3.8, 4) is 0 Å². The van der Waals surface area contributed by atoms with Crippen LogP contribution in [0.3, 0.4) is 0 Å². The number of hydrogen-bond acceptors (Lipinski definition) is 5. The van der Waals surface area contributed by atoms with Gasteiger partial charge in [0, 0.05) is 17.1 Å². The summed E-state index contributed by atoms with van der Waals surface area (Å²) in [5, 5.41) is 11.3. The number of carboxylic acid groups (broad SMARTS) is 1. The molecule has 0 aliphatic carbocycles. The van der Waals surface area contributed by atoms with E-state index in [2.05, 4.69) is 5.32 Å². The fourth-order valence-electron chi connectivity index (χ4n) is 3.08. The molecule has 0 bridgehead atoms. The summed E-state index contributed by atoms with van der Waals surface area (Å²) in [6.07, 6.45) is -0.214. The van der Waals surface area contributed by atoms with E-state index in [9.17, 15) is 28.0 Å². The van der Waals surface area contributed by atoms with Gasteiger partial charge in [0.05, 0.1) is 6.42 Å². The number of rotatable bonds is 8. The second kappa shape index (κ2) is 10.9. The Balaban J connectivity index is 2.05. The van der Waals surface area contributed by atoms with Gasteiger partial charge in [-0.2, -0.15) is 0 Å². The molecule has 0 spiro atoms. The van der Waals surface area contributed by atoms with Crippen molar-refractivity contribution in [2.75, 3.05) is 13.2 Å². The molecule has 1 aliphatic heterocycles. The van der Waals surface area contributed by atoms with Crippen molar-refractivity contribution < 1.29 is 37.8 Å². The van der Waals surface area contributed by atoms with Crippen LogP contribution >= 0.6 is 11.6 Å². The van der Waals surface area contributed by atoms with E-state index in [1.54, 1.807) is 0 Å². The highest BCUT2D eigenvalue weighted by molar-refractivity contribution is 6.30. The van der Waals surface area contributed by atoms with E-state index in [-0.39, 0.29) is 23.6 Å². The number of nitrogens with zero attached hydrogens (tertiary/aromatic N) is 1. The van der Waals surface area contributed by atoms with E-state index in [0.717, 1.165) is 11.0 Å². The van der Waals surface area contributed by atoms with Gasteiger partial charge in [0.1, 0.15) is 31.2 Å². The van der Waals surface area contributed by atoms with E-state index in [1.807, 2.05) is 0 Å². The third-order valence-electron chi connectivity index (χ3n) is 4.61. The summed E-state index contributed by atoms with van der Waals surface area (Å²) in [6, 6.07) is 1.22. The molecule has 1 aromatic rings. The highest BCUT2D eigenvalue weighted by atomic mass is 35.5. The van der Waals surface area contributed by atoms with Crippen LogP contribution in [0.1, 0.15) is 31.2 Å². The average molecular weight is 447 g/mol. The van der Waals surface area contributed by atoms with Gasteiger partial charge >= 0.3 is 12.1 Å². The van der Waals surface area contributed by atoms with Crippen molar-refractivity contribution in [1.82, 2.24) is 10.2 Å². The quantitative estimate of drug-likeness (QED) is 0.634. The van der Waals surface area contributed by atoms with Gasteiger partial charge in [0.2, 0.25) is 5.91 Å². The van der Waals surface area contributed by atoms with Gasteiger partial charge in [-0.15, -0.1) is 0 Å². The lowest BCUT2D eigenvalue weighted by atomic mass is 10.0. The molecule has 1 aliphatic rings. The number of piperidine rings is 1. The Morgan fingerprint density at radius 3 is 2.70 bits per heavy atom. The molecule has 1 heterocycles. The summed E-state index contributed by atoms with van der Waals surface area (Å²) >= 11 is 5.80. The summed E-state index contributed by atoms with van der Waals surface area (Å²) in [4.78, 5) is 48.7. The Kier molecular flexibility index (Phi) is 8.52. The number of aliphatic carboxylic acids is 1. The van der Waals surface area contributed by atoms with Crippen LogP contribution in [-0.2, 0) is 25.7 Å². The van der Waals surface area contributed by atoms with Gasteiger partial charge < -0.3 is 15.2 Å². The molecule has 2 rings (SSSR count). The molecule has 0 radical (unpaired) electrons. The normalized spacial score (nSPS) is 17.2. The average Bonchev–Trinajstić information content (AvgIpc) is 2.72. The van der Waals surface area contributed by atoms with E-state index in [0.29, 0.717) is 12.8 Å². The van der Waals surface area contributed by atoms with E-state index in [1.165, 1.54) is 12.1 Å². The predicted molar refractivity (Wildman–Crippen MR) is 101 cm³/mol. The van der Waals surface area contributed by atoms with Crippen molar-refractivity contribution in [2.45, 2.75) is 44.4 Å². The van der Waals surface area contributed by atoms with Crippen LogP contribution in [-0.4, -0.2) is 59.1 Å². The van der Waals surface area contributed by atoms with Crippen molar-refractivity contribution in [3.05, 3.63) is 34.6 Å². The van der Waals surface area contributed by atoms with Gasteiger partial charge in [-0.25, -0.2) is 13.6 Å². The van der Waals surface area contributed by atoms with Crippen LogP contribution in [0.25, 0.3) is 0 Å². The Bertz CT molecular complexity index is 822. The monoisotopic (exact) mass is 446 g/mol. The van der Waals surface area contributed by atoms with E-state index < -0.39 is 61.4 Å². The van der Waals surface area contributed by atoms with Gasteiger partial charge in [0.25, 0.3) is 0 Å². The number of carbonyl (C=O) groups excluding carboxylic acids is 3. The SMILES string of the molecule is O=C(O)C[C@H](NC(=O)[C@@H]1CCCCN1C(=O)OCc1cc(Cl)ccc1F)C(=O)CF. The molecule has 2 atom stereocenters. The number of carbonyl (C=O) groups is 4. The van der Waals surface area contributed by atoms with Crippen LogP contribution < -0.4 is 5.32 Å². The number of halogens is 3. The van der Waals surface area contributed by atoms with Gasteiger partial charge in [-0.05, 0) is 37.5 Å². The lowest BCUT2D eigenvalue weighted by Gasteiger charge is -2.34. The van der Waals surface area contributed by atoms with Crippen LogP contribution in [0.15, 0.2) is 18.2 Å². The molecule has 1 saturated heterocycles. The number of ether oxygens (including phenoxy) is 1. The first-order chi connectivity index (χ1) is 14.2. The van der Waals surface area contributed by atoms with E-state index in [4.69, 9.17) is 21.4 Å². The summed E-state index contributed by atoms with van der Waals surface area (Å²) in [6.45, 7) is -1.66. The second-order valence-corrected chi connectivity index (χ2v) is 7.19. The molecule has 0 aromatic heterocycles. The Morgan fingerprint density at radius 1 is 1.30 bits per heavy atom. The first kappa shape index (κ1) is 23.5. The molecule has 2 N–H and O–H groups in total. The fraction of sp³-hybridized carbons (Fsp3) is 0.474. The number of ketones is 1. The Labute approximate surface area is 176 Å². The number of Topliss-reactive ketones (excluding diaryl/α,β-unsaturated/α-hetero) is 1. The summed E-state index contributed by atoms with van der Waals surface area (Å²) in [7, 11) is 0. The number of alkyl halides is 1. The van der Waals surface area contributed by atoms with Gasteiger partial charge in [-0.1, -0.05) is 11.6 Å². The topological polar surface area (TPSA) is 113 Å². The summed E-state index contributed by atoms with van der Waals surface area (Å²) in [5.41, 5.74) is 0.0592. The van der Waals surface area contributed by atoms with Crippen LogP contribution in [0.4, 0.5) is 13.6 Å². The maximum Gasteiger partial charge on any atom is 0.410 e. The number of hydrogen-bond donors (Lipinski definition) is 2. The molecular weight excluding hydrogens is 426 g/mol. The van der Waals surface area contributed by atoms with Gasteiger partial charge in [0.15, 0.2) is 5.78 Å². The fourth-order valence-corrected chi connectivity index (χ4v) is 3.27. The highest BCUT2D eigenvalue weighted by Crippen LogP contribution is 2.20. The zero-order chi connectivity index (χ0) is 22.3. The third kappa shape index (κ3) is 6.38. The van der Waals surface area contributed by atoms with Crippen molar-refractivity contribution in [3.63, 3.8) is 0 Å². The molecule has 11 heteroatoms. The molecule has 30 heavy (non-hydrogen) atoms. The minimum Gasteiger partial charge on any atom is -0.481 e. The van der Waals surface area contributed by atoms with Crippen molar-refractivity contribution >= 4 is 35.4 Å². The Hall–Kier alpha value is -2.75. The molecule has 0 saturated carbocycles. The maximum absolute atomic E-state index is 13.8. The maximum atomic E-state index is 13.8. The van der Waals surface area contributed by atoms with Gasteiger partial charge in [-0.3, -0.25) is 19.3 Å². The number of carboxylic acids is 1. The molecule has 164 valence electrons. The second-order valence-electron chi connectivity index (χ2n) is 6.75. The number of benzene rings is 1. The summed E-state index contributed by atoms with van der Waals surface area (Å²) in [5.74, 6) is -3.85. The first-order valence-electron chi connectivity index (χ1n) is 9.21. The molecule has 2 amide bonds. The summed E-state index contributed by atoms with van der Waals surface area (Å²) < 4.78 is 31.6. The smallest absolute Gasteiger partial charge is 0.410 e. The van der Waals surface area contributed by atoms with Crippen molar-refractivity contribution in [2.24, 2.45) is 0 Å². The highest BCUT2D eigenvalue weighted by Gasteiger charge is 2.35. The number of amides is 2. The molecule has 1 fully saturated rings. The molecule has 1 aromatic carbocycles. The molecule has 0 unspecified atom stereocenters. The standard InChI is InChI=1S/C19H21ClF2N2O6/c20-12-4-5-13(22)11(7-12)10-30-19(29)24-6-2-1-3-15(24)18(28)23-14(8-17(26)27)16(25)9-21/h4-5,7,14-15H,1-3,6,8-10H2,(H,23,28)(H,26,27)/t14-,15-/m0/s1. The van der Waals surface area contributed by atoms with Crippen LogP contribution in [0, 0.1) is 5.82 Å². The van der Waals surface area contributed by atoms with Crippen LogP contribution in [0.2, 0.25) is 5.02 Å². The lowest BCUT2D eigenvalue weighted by molar-refractivity contribution is -0.140. The minimum atomic E-state index is -1.54. The zero-order valence-corrected chi connectivity index (χ0v) is 16.7. The van der Waals surface area contributed by atoms with E-state index >= 15 is 0 Å². The Morgan fingerprint density at radius 2 is 2.03 bits per heavy atom. The van der Waals surface area contributed by atoms with Crippen molar-refractivity contribution in [1.29, 1.82) is 0 Å². The number of likely N-dealkylation sites (tertiary alicyclic amines) is 1. The minimum absolute atomic E-state index is 0.0592. The number of nitrogens with one attached hydrogen (secondary N) is 1. The lowest BCUT2D eigenvalue weighted by Crippen LogP contribution is -2.55. The first-order valence-corrected chi connectivity index (χ1v) is 9.59. The largest absolute Gasteiger partial charge is 0.481 e. The predicted octanol–water partition coefficient (Wildman–Crippen LogP) is 2.47. The molecule has 8 nitrogen and oxygen atoms in total. The third-order valence-corrected chi connectivity index (χ3v) is 4.85. The zero-order valence-electron chi connectivity index (χ0n) is 15.9. The van der Waals surface area contributed by atoms with Crippen LogP contribution in [0.5, 0.6) is 0 Å².